The molecule has 1 fully saturated rings. The van der Waals surface area contributed by atoms with E-state index in [1.165, 1.54) is 18.4 Å². The summed E-state index contributed by atoms with van der Waals surface area (Å²) in [6, 6.07) is 13.8. The number of primary amides is 1. The van der Waals surface area contributed by atoms with Crippen LogP contribution in [0, 0.1) is 0 Å². The molecule has 136 valence electrons. The Kier molecular flexibility index (Phi) is 4.55. The van der Waals surface area contributed by atoms with Crippen molar-refractivity contribution in [2.24, 2.45) is 5.73 Å². The first-order valence-corrected chi connectivity index (χ1v) is 9.20. The van der Waals surface area contributed by atoms with Crippen molar-refractivity contribution >= 4 is 5.91 Å². The third-order valence-electron chi connectivity index (χ3n) is 5.39. The summed E-state index contributed by atoms with van der Waals surface area (Å²) in [7, 11) is 0. The van der Waals surface area contributed by atoms with Crippen LogP contribution in [0.2, 0.25) is 0 Å². The number of carbonyl (C=O) groups excluding carboxylic acids is 1. The van der Waals surface area contributed by atoms with Gasteiger partial charge in [0, 0.05) is 17.6 Å². The Morgan fingerprint density at radius 3 is 2.58 bits per heavy atom. The van der Waals surface area contributed by atoms with Gasteiger partial charge in [-0.25, -0.2) is 0 Å². The normalized spacial score (nSPS) is 17.8. The molecule has 2 aromatic carbocycles. The molecule has 1 heterocycles. The number of amides is 1. The fourth-order valence-electron chi connectivity index (χ4n) is 3.99. The molecule has 0 spiro atoms. The zero-order valence-corrected chi connectivity index (χ0v) is 14.8. The van der Waals surface area contributed by atoms with E-state index in [9.17, 15) is 4.79 Å². The van der Waals surface area contributed by atoms with Crippen LogP contribution in [-0.4, -0.2) is 19.1 Å². The van der Waals surface area contributed by atoms with E-state index in [1.54, 1.807) is 6.07 Å². The fourth-order valence-corrected chi connectivity index (χ4v) is 3.99. The second kappa shape index (κ2) is 7.00. The molecule has 1 saturated carbocycles. The maximum Gasteiger partial charge on any atom is 0.248 e. The molecule has 0 bridgehead atoms. The van der Waals surface area contributed by atoms with Crippen LogP contribution in [-0.2, 0) is 12.1 Å². The van der Waals surface area contributed by atoms with Gasteiger partial charge in [-0.05, 0) is 48.2 Å². The predicted octanol–water partition coefficient (Wildman–Crippen LogP) is 3.12. The van der Waals surface area contributed by atoms with E-state index in [4.69, 9.17) is 15.2 Å². The molecule has 2 aromatic rings. The van der Waals surface area contributed by atoms with Gasteiger partial charge in [0.25, 0.3) is 0 Å². The summed E-state index contributed by atoms with van der Waals surface area (Å²) in [5.74, 6) is 1.26. The summed E-state index contributed by atoms with van der Waals surface area (Å²) in [6.07, 6.45) is 4.57. The molecule has 0 radical (unpaired) electrons. The van der Waals surface area contributed by atoms with Crippen LogP contribution in [0.1, 0.15) is 47.2 Å². The van der Waals surface area contributed by atoms with E-state index in [0.717, 1.165) is 29.9 Å². The third-order valence-corrected chi connectivity index (χ3v) is 5.39. The van der Waals surface area contributed by atoms with Crippen LogP contribution in [0.15, 0.2) is 42.5 Å². The van der Waals surface area contributed by atoms with Crippen LogP contribution in [0.25, 0.3) is 0 Å². The molecule has 4 rings (SSSR count). The molecule has 3 N–H and O–H groups in total. The predicted molar refractivity (Wildman–Crippen MR) is 99.4 cm³/mol. The second-order valence-corrected chi connectivity index (χ2v) is 7.07. The minimum Gasteiger partial charge on any atom is -0.486 e. The average molecular weight is 352 g/mol. The lowest BCUT2D eigenvalue weighted by Crippen LogP contribution is -2.39. The summed E-state index contributed by atoms with van der Waals surface area (Å²) < 4.78 is 11.4. The third kappa shape index (κ3) is 3.27. The molecule has 0 aromatic heterocycles. The maximum absolute atomic E-state index is 11.4. The molecular formula is C21H24N2O3. The second-order valence-electron chi connectivity index (χ2n) is 7.07. The van der Waals surface area contributed by atoms with E-state index in [1.807, 2.05) is 24.3 Å². The molecule has 1 amide bonds. The van der Waals surface area contributed by atoms with E-state index >= 15 is 0 Å². The first-order chi connectivity index (χ1) is 12.7. The van der Waals surface area contributed by atoms with Crippen molar-refractivity contribution in [2.45, 2.75) is 37.8 Å². The number of hydrogen-bond donors (Lipinski definition) is 2. The lowest BCUT2D eigenvalue weighted by Gasteiger charge is -2.32. The Hall–Kier alpha value is -2.53. The van der Waals surface area contributed by atoms with Crippen LogP contribution >= 0.6 is 0 Å². The largest absolute Gasteiger partial charge is 0.486 e. The van der Waals surface area contributed by atoms with Gasteiger partial charge in [-0.3, -0.25) is 4.79 Å². The number of fused-ring (bicyclic) bond motifs is 1. The highest BCUT2D eigenvalue weighted by atomic mass is 16.6. The van der Waals surface area contributed by atoms with Gasteiger partial charge in [0.1, 0.15) is 13.2 Å². The highest BCUT2D eigenvalue weighted by Crippen LogP contribution is 2.42. The molecule has 0 atom stereocenters. The van der Waals surface area contributed by atoms with Gasteiger partial charge in [-0.1, -0.05) is 31.0 Å². The first-order valence-electron chi connectivity index (χ1n) is 9.20. The number of ether oxygens (including phenoxy) is 2. The Bertz CT molecular complexity index is 813. The van der Waals surface area contributed by atoms with Crippen molar-refractivity contribution in [3.63, 3.8) is 0 Å². The molecule has 26 heavy (non-hydrogen) atoms. The smallest absolute Gasteiger partial charge is 0.248 e. The molecule has 1 aliphatic carbocycles. The Labute approximate surface area is 153 Å². The molecule has 2 aliphatic rings. The van der Waals surface area contributed by atoms with Gasteiger partial charge < -0.3 is 20.5 Å². The van der Waals surface area contributed by atoms with Crippen LogP contribution in [0.5, 0.6) is 11.5 Å². The molecule has 5 nitrogen and oxygen atoms in total. The fraction of sp³-hybridized carbons (Fsp3) is 0.381. The summed E-state index contributed by atoms with van der Waals surface area (Å²) in [5, 5.41) is 3.75. The van der Waals surface area contributed by atoms with Gasteiger partial charge in [0.05, 0.1) is 0 Å². The van der Waals surface area contributed by atoms with Crippen molar-refractivity contribution in [3.8, 4) is 11.5 Å². The Morgan fingerprint density at radius 1 is 1.04 bits per heavy atom. The van der Waals surface area contributed by atoms with E-state index in [2.05, 4.69) is 17.4 Å². The van der Waals surface area contributed by atoms with Crippen molar-refractivity contribution < 1.29 is 14.3 Å². The average Bonchev–Trinajstić information content (AvgIpc) is 3.16. The highest BCUT2D eigenvalue weighted by Gasteiger charge is 2.36. The van der Waals surface area contributed by atoms with E-state index < -0.39 is 5.91 Å². The summed E-state index contributed by atoms with van der Waals surface area (Å²) in [4.78, 5) is 11.4. The zero-order valence-electron chi connectivity index (χ0n) is 14.8. The Balaban J connectivity index is 1.57. The van der Waals surface area contributed by atoms with Gasteiger partial charge in [-0.15, -0.1) is 0 Å². The number of nitrogens with two attached hydrogens (primary N) is 1. The van der Waals surface area contributed by atoms with Crippen LogP contribution in [0.3, 0.4) is 0 Å². The van der Waals surface area contributed by atoms with Gasteiger partial charge >= 0.3 is 0 Å². The summed E-state index contributed by atoms with van der Waals surface area (Å²) in [5.41, 5.74) is 8.17. The van der Waals surface area contributed by atoms with Crippen molar-refractivity contribution in [2.75, 3.05) is 13.2 Å². The van der Waals surface area contributed by atoms with Gasteiger partial charge in [-0.2, -0.15) is 0 Å². The van der Waals surface area contributed by atoms with Crippen molar-refractivity contribution in [1.29, 1.82) is 0 Å². The summed E-state index contributed by atoms with van der Waals surface area (Å²) in [6.45, 7) is 1.89. The topological polar surface area (TPSA) is 73.6 Å². The monoisotopic (exact) mass is 352 g/mol. The number of benzene rings is 2. The van der Waals surface area contributed by atoms with Crippen molar-refractivity contribution in [1.82, 2.24) is 5.32 Å². The maximum atomic E-state index is 11.4. The standard InChI is InChI=1S/C21H24N2O3/c22-20(24)16-5-3-4-15(12-16)14-23-21(8-1-2-9-21)17-6-7-18-19(13-17)26-11-10-25-18/h3-7,12-13,23H,1-2,8-11,14H2,(H2,22,24). The lowest BCUT2D eigenvalue weighted by atomic mass is 9.87. The quantitative estimate of drug-likeness (QED) is 0.867. The molecule has 5 heteroatoms. The van der Waals surface area contributed by atoms with Gasteiger partial charge in [0.2, 0.25) is 5.91 Å². The summed E-state index contributed by atoms with van der Waals surface area (Å²) >= 11 is 0. The SMILES string of the molecule is NC(=O)c1cccc(CNC2(c3ccc4c(c3)OCCO4)CCCC2)c1. The number of rotatable bonds is 5. The molecule has 1 aliphatic heterocycles. The minimum absolute atomic E-state index is 0.0709. The Morgan fingerprint density at radius 2 is 1.81 bits per heavy atom. The molecular weight excluding hydrogens is 328 g/mol. The van der Waals surface area contributed by atoms with Crippen LogP contribution in [0.4, 0.5) is 0 Å². The van der Waals surface area contributed by atoms with Gasteiger partial charge in [0.15, 0.2) is 11.5 Å². The van der Waals surface area contributed by atoms with E-state index in [0.29, 0.717) is 25.3 Å². The highest BCUT2D eigenvalue weighted by molar-refractivity contribution is 5.92. The lowest BCUT2D eigenvalue weighted by molar-refractivity contribution is 0.1000. The first kappa shape index (κ1) is 16.9. The molecule has 0 saturated heterocycles. The number of hydrogen-bond acceptors (Lipinski definition) is 4. The molecule has 0 unspecified atom stereocenters. The number of carbonyl (C=O) groups is 1. The van der Waals surface area contributed by atoms with Crippen LogP contribution < -0.4 is 20.5 Å². The minimum atomic E-state index is -0.394. The number of nitrogens with one attached hydrogen (secondary N) is 1. The van der Waals surface area contributed by atoms with E-state index in [-0.39, 0.29) is 5.54 Å². The van der Waals surface area contributed by atoms with Crippen molar-refractivity contribution in [3.05, 3.63) is 59.2 Å². The zero-order chi connectivity index (χ0) is 18.0.